The Morgan fingerprint density at radius 1 is 1.04 bits per heavy atom. The summed E-state index contributed by atoms with van der Waals surface area (Å²) in [6.45, 7) is 3.68. The zero-order chi connectivity index (χ0) is 18.6. The Bertz CT molecular complexity index is 600. The molecule has 3 nitrogen and oxygen atoms in total. The summed E-state index contributed by atoms with van der Waals surface area (Å²) in [5.74, 6) is 1.76. The Morgan fingerprint density at radius 3 is 2.38 bits per heavy atom. The lowest BCUT2D eigenvalue weighted by Gasteiger charge is -2.35. The van der Waals surface area contributed by atoms with E-state index in [2.05, 4.69) is 4.90 Å². The third-order valence-corrected chi connectivity index (χ3v) is 6.27. The second kappa shape index (κ2) is 8.65. The maximum absolute atomic E-state index is 13.0. The van der Waals surface area contributed by atoms with Crippen LogP contribution < -0.4 is 0 Å². The van der Waals surface area contributed by atoms with Crippen LogP contribution in [0.4, 0.5) is 13.2 Å². The molecule has 0 aliphatic carbocycles. The SMILES string of the molecule is O=C(c1ccc(C(F)(F)F)cc1)N1CCCSCC1CN1CCCCC1. The van der Waals surface area contributed by atoms with Crippen molar-refractivity contribution in [3.05, 3.63) is 35.4 Å². The molecule has 2 aliphatic heterocycles. The molecule has 1 unspecified atom stereocenters. The van der Waals surface area contributed by atoms with Gasteiger partial charge in [-0.2, -0.15) is 24.9 Å². The van der Waals surface area contributed by atoms with Crippen molar-refractivity contribution in [1.82, 2.24) is 9.80 Å². The highest BCUT2D eigenvalue weighted by Crippen LogP contribution is 2.29. The van der Waals surface area contributed by atoms with Gasteiger partial charge in [0.2, 0.25) is 0 Å². The highest BCUT2D eigenvalue weighted by Gasteiger charge is 2.32. The number of hydrogen-bond acceptors (Lipinski definition) is 3. The molecule has 2 saturated heterocycles. The predicted octanol–water partition coefficient (Wildman–Crippen LogP) is 4.14. The molecular weight excluding hydrogens is 361 g/mol. The molecule has 0 bridgehead atoms. The van der Waals surface area contributed by atoms with E-state index >= 15 is 0 Å². The van der Waals surface area contributed by atoms with Gasteiger partial charge < -0.3 is 9.80 Å². The Labute approximate surface area is 156 Å². The minimum atomic E-state index is -4.38. The largest absolute Gasteiger partial charge is 0.416 e. The summed E-state index contributed by atoms with van der Waals surface area (Å²) in [4.78, 5) is 17.3. The molecule has 1 amide bonds. The van der Waals surface area contributed by atoms with Gasteiger partial charge in [-0.15, -0.1) is 0 Å². The molecule has 0 radical (unpaired) electrons. The molecule has 0 saturated carbocycles. The first-order valence-corrected chi connectivity index (χ1v) is 10.4. The Hall–Kier alpha value is -1.21. The molecule has 1 aromatic carbocycles. The zero-order valence-corrected chi connectivity index (χ0v) is 15.6. The summed E-state index contributed by atoms with van der Waals surface area (Å²) in [6, 6.07) is 4.73. The van der Waals surface area contributed by atoms with Gasteiger partial charge in [-0.05, 0) is 62.4 Å². The molecule has 0 aromatic heterocycles. The first-order chi connectivity index (χ1) is 12.4. The summed E-state index contributed by atoms with van der Waals surface area (Å²) >= 11 is 1.87. The van der Waals surface area contributed by atoms with Crippen molar-refractivity contribution in [2.24, 2.45) is 0 Å². The molecule has 0 N–H and O–H groups in total. The molecule has 7 heteroatoms. The molecule has 2 fully saturated rings. The van der Waals surface area contributed by atoms with E-state index in [4.69, 9.17) is 0 Å². The normalized spacial score (nSPS) is 22.9. The summed E-state index contributed by atoms with van der Waals surface area (Å²) in [5.41, 5.74) is -0.376. The lowest BCUT2D eigenvalue weighted by molar-refractivity contribution is -0.137. The van der Waals surface area contributed by atoms with E-state index in [-0.39, 0.29) is 11.9 Å². The van der Waals surface area contributed by atoms with Crippen molar-refractivity contribution in [3.8, 4) is 0 Å². The van der Waals surface area contributed by atoms with Crippen molar-refractivity contribution >= 4 is 17.7 Å². The molecule has 1 aromatic rings. The summed E-state index contributed by atoms with van der Waals surface area (Å²) < 4.78 is 38.2. The van der Waals surface area contributed by atoms with Crippen molar-refractivity contribution in [2.75, 3.05) is 37.7 Å². The third-order valence-electron chi connectivity index (χ3n) is 5.08. The second-order valence-electron chi connectivity index (χ2n) is 7.02. The fraction of sp³-hybridized carbons (Fsp3) is 0.632. The standard InChI is InChI=1S/C19H25F3N2OS/c20-19(21,22)16-7-5-15(6-8-16)18(25)24-11-4-12-26-14-17(24)13-23-9-2-1-3-10-23/h5-8,17H,1-4,9-14H2. The number of piperidine rings is 1. The smallest absolute Gasteiger partial charge is 0.334 e. The monoisotopic (exact) mass is 386 g/mol. The Balaban J connectivity index is 1.73. The van der Waals surface area contributed by atoms with Crippen LogP contribution in [0.2, 0.25) is 0 Å². The van der Waals surface area contributed by atoms with Gasteiger partial charge in [0.1, 0.15) is 0 Å². The van der Waals surface area contributed by atoms with Crippen molar-refractivity contribution in [2.45, 2.75) is 37.9 Å². The molecule has 2 heterocycles. The van der Waals surface area contributed by atoms with Gasteiger partial charge in [0.05, 0.1) is 11.6 Å². The van der Waals surface area contributed by atoms with E-state index in [1.165, 1.54) is 31.4 Å². The first-order valence-electron chi connectivity index (χ1n) is 9.23. The van der Waals surface area contributed by atoms with E-state index in [0.29, 0.717) is 12.1 Å². The maximum atomic E-state index is 13.0. The number of alkyl halides is 3. The van der Waals surface area contributed by atoms with Crippen LogP contribution in [0.3, 0.4) is 0 Å². The molecule has 26 heavy (non-hydrogen) atoms. The van der Waals surface area contributed by atoms with Gasteiger partial charge in [-0.25, -0.2) is 0 Å². The minimum Gasteiger partial charge on any atom is -0.334 e. The van der Waals surface area contributed by atoms with E-state index < -0.39 is 11.7 Å². The lowest BCUT2D eigenvalue weighted by Crippen LogP contribution is -2.49. The molecule has 1 atom stereocenters. The molecule has 2 aliphatic rings. The number of amides is 1. The molecule has 3 rings (SSSR count). The number of likely N-dealkylation sites (tertiary alicyclic amines) is 1. The van der Waals surface area contributed by atoms with Crippen molar-refractivity contribution < 1.29 is 18.0 Å². The number of nitrogens with zero attached hydrogens (tertiary/aromatic N) is 2. The van der Waals surface area contributed by atoms with Gasteiger partial charge in [0.15, 0.2) is 0 Å². The van der Waals surface area contributed by atoms with Gasteiger partial charge >= 0.3 is 6.18 Å². The number of benzene rings is 1. The number of hydrogen-bond donors (Lipinski definition) is 0. The van der Waals surface area contributed by atoms with E-state index in [9.17, 15) is 18.0 Å². The summed E-state index contributed by atoms with van der Waals surface area (Å²) in [5, 5.41) is 0. The highest BCUT2D eigenvalue weighted by molar-refractivity contribution is 7.99. The van der Waals surface area contributed by atoms with Crippen LogP contribution in [-0.2, 0) is 6.18 Å². The van der Waals surface area contributed by atoms with Crippen molar-refractivity contribution in [3.63, 3.8) is 0 Å². The van der Waals surface area contributed by atoms with Gasteiger partial charge in [0.25, 0.3) is 5.91 Å². The number of carbonyl (C=O) groups excluding carboxylic acids is 1. The van der Waals surface area contributed by atoms with Gasteiger partial charge in [0, 0.05) is 24.4 Å². The Kier molecular flexibility index (Phi) is 6.51. The van der Waals surface area contributed by atoms with Crippen LogP contribution in [0.1, 0.15) is 41.6 Å². The quantitative estimate of drug-likeness (QED) is 0.780. The van der Waals surface area contributed by atoms with Crippen LogP contribution in [0.25, 0.3) is 0 Å². The second-order valence-corrected chi connectivity index (χ2v) is 8.17. The van der Waals surface area contributed by atoms with E-state index in [1.807, 2.05) is 16.7 Å². The van der Waals surface area contributed by atoms with Crippen LogP contribution in [0, 0.1) is 0 Å². The van der Waals surface area contributed by atoms with E-state index in [0.717, 1.165) is 49.7 Å². The number of carbonyl (C=O) groups is 1. The van der Waals surface area contributed by atoms with Crippen LogP contribution in [0.15, 0.2) is 24.3 Å². The average Bonchev–Trinajstić information content (AvgIpc) is 2.87. The predicted molar refractivity (Wildman–Crippen MR) is 98.5 cm³/mol. The molecule has 0 spiro atoms. The lowest BCUT2D eigenvalue weighted by atomic mass is 10.1. The van der Waals surface area contributed by atoms with Crippen LogP contribution in [-0.4, -0.2) is 59.4 Å². The molecule has 144 valence electrons. The highest BCUT2D eigenvalue weighted by atomic mass is 32.2. The van der Waals surface area contributed by atoms with Gasteiger partial charge in [-0.1, -0.05) is 6.42 Å². The molecular formula is C19H25F3N2OS. The summed E-state index contributed by atoms with van der Waals surface area (Å²) in [7, 11) is 0. The Morgan fingerprint density at radius 2 is 1.73 bits per heavy atom. The third kappa shape index (κ3) is 4.94. The van der Waals surface area contributed by atoms with Crippen molar-refractivity contribution in [1.29, 1.82) is 0 Å². The van der Waals surface area contributed by atoms with Crippen LogP contribution in [0.5, 0.6) is 0 Å². The fourth-order valence-corrected chi connectivity index (χ4v) is 4.71. The minimum absolute atomic E-state index is 0.121. The average molecular weight is 386 g/mol. The fourth-order valence-electron chi connectivity index (χ4n) is 3.66. The number of halogens is 3. The van der Waals surface area contributed by atoms with Gasteiger partial charge in [-0.3, -0.25) is 4.79 Å². The summed E-state index contributed by atoms with van der Waals surface area (Å²) in [6.07, 6.45) is 0.217. The van der Waals surface area contributed by atoms with E-state index in [1.54, 1.807) is 0 Å². The van der Waals surface area contributed by atoms with Crippen LogP contribution >= 0.6 is 11.8 Å². The topological polar surface area (TPSA) is 23.6 Å². The zero-order valence-electron chi connectivity index (χ0n) is 14.8. The number of thioether (sulfide) groups is 1. The number of rotatable bonds is 3. The maximum Gasteiger partial charge on any atom is 0.416 e. The first kappa shape index (κ1) is 19.5.